The number of carbonyl (C=O) groups excluding carboxylic acids is 2. The Labute approximate surface area is 46.5 Å². The summed E-state index contributed by atoms with van der Waals surface area (Å²) >= 11 is 0. The summed E-state index contributed by atoms with van der Waals surface area (Å²) in [4.78, 5) is 17.3. The average molecular weight is 110 g/mol. The summed E-state index contributed by atoms with van der Waals surface area (Å²) in [6.45, 7) is 0. The molecule has 1 aliphatic rings. The number of hydrogen-bond acceptors (Lipinski definition) is 0. The van der Waals surface area contributed by atoms with Gasteiger partial charge in [-0.15, -0.1) is 0 Å². The number of ketones is 2. The third-order valence-electron chi connectivity index (χ3n) is 0.850. The van der Waals surface area contributed by atoms with Gasteiger partial charge < -0.3 is 0 Å². The van der Waals surface area contributed by atoms with Crippen LogP contribution in [-0.4, -0.2) is 21.2 Å². The van der Waals surface area contributed by atoms with Gasteiger partial charge in [0.1, 0.15) is 0 Å². The van der Waals surface area contributed by atoms with Gasteiger partial charge in [0.25, 0.3) is 0 Å². The van der Waals surface area contributed by atoms with Crippen LogP contribution in [0.4, 0.5) is 0 Å². The maximum atomic E-state index is 8.65. The van der Waals surface area contributed by atoms with Crippen molar-refractivity contribution in [2.24, 2.45) is 0 Å². The fourth-order valence-corrected chi connectivity index (χ4v) is 0.453. The van der Waals surface area contributed by atoms with E-state index < -0.39 is 0 Å². The summed E-state index contributed by atoms with van der Waals surface area (Å²) in [6, 6.07) is 0. The maximum absolute atomic E-state index is 8.65. The zero-order chi connectivity index (χ0) is 5.98. The first-order chi connectivity index (χ1) is 3.79. The minimum atomic E-state index is 0.169. The van der Waals surface area contributed by atoms with Crippen molar-refractivity contribution >= 4 is 11.6 Å². The van der Waals surface area contributed by atoms with E-state index in [2.05, 4.69) is 0 Å². The molecule has 0 saturated heterocycles. The Morgan fingerprint density at radius 1 is 0.750 bits per heavy atom. The highest BCUT2D eigenvalue weighted by molar-refractivity contribution is 6.14. The third kappa shape index (κ3) is 0.904. The van der Waals surface area contributed by atoms with Gasteiger partial charge >= 0.3 is 11.6 Å². The highest BCUT2D eigenvalue weighted by Crippen LogP contribution is 1.90. The van der Waals surface area contributed by atoms with E-state index in [0.29, 0.717) is 0 Å². The van der Waals surface area contributed by atoms with Gasteiger partial charge in [0, 0.05) is 0 Å². The fourth-order valence-electron chi connectivity index (χ4n) is 0.453. The molecular formula is C6H6O2+2. The summed E-state index contributed by atoms with van der Waals surface area (Å²) in [5, 5.41) is 0. The van der Waals surface area contributed by atoms with Crippen LogP contribution in [-0.2, 0) is 0 Å². The summed E-state index contributed by atoms with van der Waals surface area (Å²) in [5.74, 6) is 0.339. The Balaban J connectivity index is 2.83. The monoisotopic (exact) mass is 110 g/mol. The van der Waals surface area contributed by atoms with Crippen LogP contribution >= 0.6 is 0 Å². The van der Waals surface area contributed by atoms with Crippen LogP contribution in [0.25, 0.3) is 0 Å². The zero-order valence-electron chi connectivity index (χ0n) is 4.20. The van der Waals surface area contributed by atoms with Crippen LogP contribution in [0, 0.1) is 0 Å². The smallest absolute Gasteiger partial charge is 0.274 e. The lowest BCUT2D eigenvalue weighted by Gasteiger charge is -1.78. The molecule has 1 aliphatic carbocycles. The van der Waals surface area contributed by atoms with E-state index in [1.165, 1.54) is 24.3 Å². The van der Waals surface area contributed by atoms with E-state index >= 15 is 0 Å². The van der Waals surface area contributed by atoms with Crippen molar-refractivity contribution in [3.05, 3.63) is 24.3 Å². The molecule has 0 heterocycles. The molecule has 2 nitrogen and oxygen atoms in total. The molecule has 0 unspecified atom stereocenters. The van der Waals surface area contributed by atoms with Crippen LogP contribution in [0.15, 0.2) is 24.3 Å². The maximum Gasteiger partial charge on any atom is 0.340 e. The molecule has 2 heteroatoms. The predicted octanol–water partition coefficient (Wildman–Crippen LogP) is 0.202. The summed E-state index contributed by atoms with van der Waals surface area (Å²) in [6.07, 6.45) is 5.70. The first-order valence-electron chi connectivity index (χ1n) is 2.27. The van der Waals surface area contributed by atoms with E-state index in [0.717, 1.165) is 0 Å². The molecule has 0 aromatic carbocycles. The van der Waals surface area contributed by atoms with Crippen LogP contribution in [0.5, 0.6) is 0 Å². The van der Waals surface area contributed by atoms with Gasteiger partial charge in [-0.3, -0.25) is 9.59 Å². The molecule has 2 N–H and O–H groups in total. The van der Waals surface area contributed by atoms with Crippen molar-refractivity contribution in [2.45, 2.75) is 0 Å². The zero-order valence-corrected chi connectivity index (χ0v) is 4.20. The van der Waals surface area contributed by atoms with E-state index in [4.69, 9.17) is 9.59 Å². The molecule has 40 valence electrons. The van der Waals surface area contributed by atoms with Crippen molar-refractivity contribution in [2.75, 3.05) is 0 Å². The number of allylic oxidation sites excluding steroid dienone is 4. The van der Waals surface area contributed by atoms with E-state index in [1.54, 1.807) is 0 Å². The van der Waals surface area contributed by atoms with Crippen LogP contribution in [0.1, 0.15) is 0 Å². The number of rotatable bonds is 0. The van der Waals surface area contributed by atoms with Crippen molar-refractivity contribution in [1.82, 2.24) is 0 Å². The Bertz CT molecular complexity index is 149. The standard InChI is InChI=1S/C6H4O2/c7-5-1-2-6(8)4-3-5/h1-4H/p+2. The second kappa shape index (κ2) is 1.74. The molecular weight excluding hydrogens is 104 g/mol. The second-order valence-corrected chi connectivity index (χ2v) is 1.52. The molecule has 0 spiro atoms. The molecule has 0 aromatic heterocycles. The number of hydrogen-bond donors (Lipinski definition) is 0. The van der Waals surface area contributed by atoms with E-state index in [-0.39, 0.29) is 11.6 Å². The van der Waals surface area contributed by atoms with Gasteiger partial charge in [0.05, 0.1) is 24.3 Å². The largest absolute Gasteiger partial charge is 0.340 e. The van der Waals surface area contributed by atoms with Crippen molar-refractivity contribution in [3.8, 4) is 0 Å². The molecule has 0 atom stereocenters. The summed E-state index contributed by atoms with van der Waals surface area (Å²) < 4.78 is 0. The summed E-state index contributed by atoms with van der Waals surface area (Å²) in [7, 11) is 0. The Kier molecular flexibility index (Phi) is 1.08. The van der Waals surface area contributed by atoms with Gasteiger partial charge in [-0.05, 0) is 0 Å². The van der Waals surface area contributed by atoms with Gasteiger partial charge in [0.15, 0.2) is 0 Å². The molecule has 0 saturated carbocycles. The Morgan fingerprint density at radius 3 is 1.25 bits per heavy atom. The summed E-state index contributed by atoms with van der Waals surface area (Å²) in [5.41, 5.74) is 0. The van der Waals surface area contributed by atoms with Gasteiger partial charge in [-0.25, -0.2) is 0 Å². The highest BCUT2D eigenvalue weighted by atomic mass is 16.1. The molecule has 0 fully saturated rings. The molecule has 0 bridgehead atoms. The normalized spacial score (nSPS) is 17.5. The molecule has 8 heavy (non-hydrogen) atoms. The molecule has 1 rings (SSSR count). The molecule has 0 radical (unpaired) electrons. The third-order valence-corrected chi connectivity index (χ3v) is 0.850. The minimum Gasteiger partial charge on any atom is -0.274 e. The lowest BCUT2D eigenvalue weighted by molar-refractivity contribution is 0.676. The highest BCUT2D eigenvalue weighted by Gasteiger charge is 2.08. The minimum absolute atomic E-state index is 0.169. The van der Waals surface area contributed by atoms with E-state index in [9.17, 15) is 0 Å². The van der Waals surface area contributed by atoms with Crippen molar-refractivity contribution in [1.29, 1.82) is 0 Å². The molecule has 0 amide bonds. The van der Waals surface area contributed by atoms with Gasteiger partial charge in [-0.2, -0.15) is 0 Å². The van der Waals surface area contributed by atoms with Crippen LogP contribution < -0.4 is 0 Å². The first-order valence-corrected chi connectivity index (χ1v) is 2.27. The Morgan fingerprint density at radius 2 is 1.00 bits per heavy atom. The lowest BCUT2D eigenvalue weighted by Crippen LogP contribution is -1.98. The topological polar surface area (TPSA) is 42.8 Å². The van der Waals surface area contributed by atoms with Crippen LogP contribution in [0.2, 0.25) is 0 Å². The van der Waals surface area contributed by atoms with Crippen LogP contribution in [0.3, 0.4) is 0 Å². The predicted molar refractivity (Wildman–Crippen MR) is 32.2 cm³/mol. The lowest BCUT2D eigenvalue weighted by atomic mass is 10.2. The Hall–Kier alpha value is -1.18. The average Bonchev–Trinajstić information content (AvgIpc) is 1.77. The first kappa shape index (κ1) is 4.97. The van der Waals surface area contributed by atoms with Crippen molar-refractivity contribution < 1.29 is 9.59 Å². The van der Waals surface area contributed by atoms with E-state index in [1.807, 2.05) is 0 Å². The molecule has 0 aromatic rings. The molecule has 0 aliphatic heterocycles. The second-order valence-electron chi connectivity index (χ2n) is 1.52. The van der Waals surface area contributed by atoms with Gasteiger partial charge in [0.2, 0.25) is 0 Å². The quantitative estimate of drug-likeness (QED) is 0.316. The SMILES string of the molecule is [OH+]=C1C=CC(=[OH+])C=C1. The van der Waals surface area contributed by atoms with Crippen molar-refractivity contribution in [3.63, 3.8) is 0 Å². The van der Waals surface area contributed by atoms with Gasteiger partial charge in [-0.1, -0.05) is 0 Å². The fraction of sp³-hybridized carbons (Fsp3) is 0.